The number of thioether (sulfide) groups is 1. The van der Waals surface area contributed by atoms with E-state index >= 15 is 0 Å². The number of primary amides is 1. The zero-order valence-electron chi connectivity index (χ0n) is 18.5. The zero-order valence-corrected chi connectivity index (χ0v) is 20.1. The van der Waals surface area contributed by atoms with Gasteiger partial charge in [-0.3, -0.25) is 14.2 Å². The number of carbonyl (C=O) groups excluding carboxylic acids is 2. The van der Waals surface area contributed by atoms with Crippen LogP contribution in [-0.2, 0) is 9.59 Å². The number of nitrogens with two attached hydrogens (primary N) is 1. The monoisotopic (exact) mass is 473 g/mol. The standard InChI is InChI=1S/C23H31N5O2S2/c1-14(18-12-15-4-5-17(18)11-15)28-22(19-3-2-10-31-19)25-26-23(28)32-13-20(29)27-8-6-16(7-9-27)21(24)30/h2-3,10,14-18H,4-9,11-13H2,1H3,(H2,24,30). The molecule has 2 aromatic rings. The number of piperidine rings is 1. The molecule has 3 aliphatic rings. The fourth-order valence-electron chi connectivity index (χ4n) is 6.02. The summed E-state index contributed by atoms with van der Waals surface area (Å²) in [5, 5.41) is 12.0. The molecule has 2 amide bonds. The van der Waals surface area contributed by atoms with Crippen LogP contribution in [0, 0.1) is 23.7 Å². The molecule has 1 aliphatic heterocycles. The predicted molar refractivity (Wildman–Crippen MR) is 126 cm³/mol. The van der Waals surface area contributed by atoms with Crippen LogP contribution in [-0.4, -0.2) is 50.3 Å². The van der Waals surface area contributed by atoms with Crippen molar-refractivity contribution in [3.05, 3.63) is 17.5 Å². The fraction of sp³-hybridized carbons (Fsp3) is 0.652. The second-order valence-corrected chi connectivity index (χ2v) is 11.5. The number of likely N-dealkylation sites (tertiary alicyclic amines) is 1. The van der Waals surface area contributed by atoms with Crippen LogP contribution in [0.1, 0.15) is 51.5 Å². The van der Waals surface area contributed by atoms with Crippen molar-refractivity contribution in [3.8, 4) is 10.7 Å². The maximum absolute atomic E-state index is 12.9. The summed E-state index contributed by atoms with van der Waals surface area (Å²) in [6.45, 7) is 3.51. The Hall–Kier alpha value is -1.87. The average molecular weight is 474 g/mol. The number of nitrogens with zero attached hydrogens (tertiary/aromatic N) is 4. The molecule has 3 fully saturated rings. The Morgan fingerprint density at radius 2 is 2.03 bits per heavy atom. The van der Waals surface area contributed by atoms with Crippen LogP contribution in [0.4, 0.5) is 0 Å². The number of carbonyl (C=O) groups is 2. The summed E-state index contributed by atoms with van der Waals surface area (Å²) < 4.78 is 2.30. The summed E-state index contributed by atoms with van der Waals surface area (Å²) in [6.07, 6.45) is 6.71. The van der Waals surface area contributed by atoms with Gasteiger partial charge in [0.25, 0.3) is 0 Å². The van der Waals surface area contributed by atoms with E-state index in [4.69, 9.17) is 5.73 Å². The summed E-state index contributed by atoms with van der Waals surface area (Å²) in [5.74, 6) is 3.35. The van der Waals surface area contributed by atoms with Crippen molar-refractivity contribution in [2.75, 3.05) is 18.8 Å². The molecule has 2 bridgehead atoms. The van der Waals surface area contributed by atoms with Gasteiger partial charge in [0.15, 0.2) is 11.0 Å². The van der Waals surface area contributed by atoms with E-state index in [1.807, 2.05) is 11.0 Å². The maximum atomic E-state index is 12.9. The molecule has 172 valence electrons. The quantitative estimate of drug-likeness (QED) is 0.617. The van der Waals surface area contributed by atoms with Crippen molar-refractivity contribution < 1.29 is 9.59 Å². The van der Waals surface area contributed by atoms with Gasteiger partial charge in [0.05, 0.1) is 10.6 Å². The van der Waals surface area contributed by atoms with Crippen LogP contribution in [0.25, 0.3) is 10.7 Å². The minimum Gasteiger partial charge on any atom is -0.369 e. The van der Waals surface area contributed by atoms with Gasteiger partial charge < -0.3 is 10.6 Å². The molecule has 1 saturated heterocycles. The number of aromatic nitrogens is 3. The molecular formula is C23H31N5O2S2. The summed E-state index contributed by atoms with van der Waals surface area (Å²) in [5.41, 5.74) is 5.42. The van der Waals surface area contributed by atoms with Crippen LogP contribution >= 0.6 is 23.1 Å². The number of fused-ring (bicyclic) bond motifs is 2. The van der Waals surface area contributed by atoms with Gasteiger partial charge in [-0.25, -0.2) is 0 Å². The lowest BCUT2D eigenvalue weighted by Gasteiger charge is -2.31. The van der Waals surface area contributed by atoms with E-state index in [1.165, 1.54) is 37.4 Å². The minimum atomic E-state index is -0.254. The van der Waals surface area contributed by atoms with Crippen LogP contribution in [0.15, 0.2) is 22.7 Å². The lowest BCUT2D eigenvalue weighted by molar-refractivity contribution is -0.132. The molecule has 4 unspecified atom stereocenters. The normalized spacial score (nSPS) is 26.5. The summed E-state index contributed by atoms with van der Waals surface area (Å²) >= 11 is 3.18. The molecular weight excluding hydrogens is 442 g/mol. The largest absolute Gasteiger partial charge is 0.369 e. The predicted octanol–water partition coefficient (Wildman–Crippen LogP) is 3.82. The van der Waals surface area contributed by atoms with Crippen molar-refractivity contribution in [2.24, 2.45) is 29.4 Å². The second kappa shape index (κ2) is 9.17. The van der Waals surface area contributed by atoms with Crippen molar-refractivity contribution in [1.29, 1.82) is 0 Å². The third kappa shape index (κ3) is 4.21. The first-order valence-corrected chi connectivity index (χ1v) is 13.6. The van der Waals surface area contributed by atoms with Crippen molar-refractivity contribution in [3.63, 3.8) is 0 Å². The molecule has 7 nitrogen and oxygen atoms in total. The molecule has 32 heavy (non-hydrogen) atoms. The van der Waals surface area contributed by atoms with Gasteiger partial charge in [-0.2, -0.15) is 0 Å². The van der Waals surface area contributed by atoms with Gasteiger partial charge >= 0.3 is 0 Å². The molecule has 2 aliphatic carbocycles. The minimum absolute atomic E-state index is 0.0951. The number of hydrogen-bond donors (Lipinski definition) is 1. The highest BCUT2D eigenvalue weighted by Gasteiger charge is 2.43. The first kappa shape index (κ1) is 21.9. The highest BCUT2D eigenvalue weighted by Crippen LogP contribution is 2.53. The Bertz CT molecular complexity index is 967. The fourth-order valence-corrected chi connectivity index (χ4v) is 7.65. The van der Waals surface area contributed by atoms with Gasteiger partial charge in [0.1, 0.15) is 0 Å². The number of thiophene rings is 1. The maximum Gasteiger partial charge on any atom is 0.233 e. The first-order valence-electron chi connectivity index (χ1n) is 11.7. The molecule has 0 spiro atoms. The van der Waals surface area contributed by atoms with Crippen molar-refractivity contribution in [2.45, 2.75) is 56.6 Å². The molecule has 3 heterocycles. The van der Waals surface area contributed by atoms with E-state index in [0.29, 0.717) is 43.6 Å². The molecule has 4 atom stereocenters. The Balaban J connectivity index is 1.31. The van der Waals surface area contributed by atoms with E-state index in [9.17, 15) is 9.59 Å². The number of rotatable bonds is 7. The van der Waals surface area contributed by atoms with Crippen LogP contribution in [0.2, 0.25) is 0 Å². The van der Waals surface area contributed by atoms with Gasteiger partial charge in [-0.05, 0) is 68.2 Å². The number of hydrogen-bond acceptors (Lipinski definition) is 6. The van der Waals surface area contributed by atoms with E-state index < -0.39 is 0 Å². The second-order valence-electron chi connectivity index (χ2n) is 9.58. The van der Waals surface area contributed by atoms with E-state index in [1.54, 1.807) is 11.3 Å². The van der Waals surface area contributed by atoms with E-state index in [0.717, 1.165) is 27.7 Å². The van der Waals surface area contributed by atoms with Crippen molar-refractivity contribution in [1.82, 2.24) is 19.7 Å². The Morgan fingerprint density at radius 1 is 1.22 bits per heavy atom. The Labute approximate surface area is 197 Å². The molecule has 0 aromatic carbocycles. The van der Waals surface area contributed by atoms with Crippen LogP contribution < -0.4 is 5.73 Å². The average Bonchev–Trinajstić information content (AvgIpc) is 3.60. The Kier molecular flexibility index (Phi) is 6.29. The molecule has 5 rings (SSSR count). The lowest BCUT2D eigenvalue weighted by Crippen LogP contribution is -2.42. The third-order valence-corrected chi connectivity index (χ3v) is 9.59. The summed E-state index contributed by atoms with van der Waals surface area (Å²) in [4.78, 5) is 27.2. The smallest absolute Gasteiger partial charge is 0.233 e. The first-order chi connectivity index (χ1) is 15.5. The summed E-state index contributed by atoms with van der Waals surface area (Å²) in [6, 6.07) is 4.47. The number of amides is 2. The Morgan fingerprint density at radius 3 is 2.66 bits per heavy atom. The molecule has 2 saturated carbocycles. The van der Waals surface area contributed by atoms with Crippen molar-refractivity contribution >= 4 is 34.9 Å². The van der Waals surface area contributed by atoms with Gasteiger partial charge in [0, 0.05) is 25.0 Å². The van der Waals surface area contributed by atoms with E-state index in [2.05, 4.69) is 33.1 Å². The molecule has 0 radical (unpaired) electrons. The third-order valence-electron chi connectivity index (χ3n) is 7.80. The topological polar surface area (TPSA) is 94.1 Å². The zero-order chi connectivity index (χ0) is 22.2. The van der Waals surface area contributed by atoms with Gasteiger partial charge in [-0.15, -0.1) is 21.5 Å². The SMILES string of the molecule is CC(C1CC2CCC1C2)n1c(SCC(=O)N2CCC(C(N)=O)CC2)nnc1-c1cccs1. The highest BCUT2D eigenvalue weighted by atomic mass is 32.2. The highest BCUT2D eigenvalue weighted by molar-refractivity contribution is 7.99. The molecule has 2 aromatic heterocycles. The van der Waals surface area contributed by atoms with Crippen LogP contribution in [0.3, 0.4) is 0 Å². The summed E-state index contributed by atoms with van der Waals surface area (Å²) in [7, 11) is 0. The molecule has 9 heteroatoms. The van der Waals surface area contributed by atoms with E-state index in [-0.39, 0.29) is 17.7 Å². The lowest BCUT2D eigenvalue weighted by atomic mass is 9.84. The molecule has 2 N–H and O–H groups in total. The van der Waals surface area contributed by atoms with Gasteiger partial charge in [0.2, 0.25) is 11.8 Å². The van der Waals surface area contributed by atoms with Crippen LogP contribution in [0.5, 0.6) is 0 Å². The van der Waals surface area contributed by atoms with Gasteiger partial charge in [-0.1, -0.05) is 24.2 Å².